The molecule has 0 fully saturated rings. The summed E-state index contributed by atoms with van der Waals surface area (Å²) in [5.41, 5.74) is 0. The lowest BCUT2D eigenvalue weighted by Gasteiger charge is -2.21. The molecule has 0 aromatic rings. The summed E-state index contributed by atoms with van der Waals surface area (Å²) in [6.45, 7) is 14.1. The Hall–Kier alpha value is -1.94. The van der Waals surface area contributed by atoms with E-state index in [0.717, 1.165) is 114 Å². The van der Waals surface area contributed by atoms with Crippen LogP contribution in [0.15, 0.2) is 0 Å². The monoisotopic (exact) mass is 1370 g/mol. The molecule has 3 unspecified atom stereocenters. The first-order valence-corrected chi connectivity index (χ1v) is 41.2. The minimum Gasteiger partial charge on any atom is -0.462 e. The van der Waals surface area contributed by atoms with Crippen molar-refractivity contribution < 1.29 is 80.2 Å². The van der Waals surface area contributed by atoms with Crippen LogP contribution >= 0.6 is 15.6 Å². The van der Waals surface area contributed by atoms with Crippen LogP contribution < -0.4 is 0 Å². The molecule has 17 nitrogen and oxygen atoms in total. The van der Waals surface area contributed by atoms with Crippen LogP contribution in [0.2, 0.25) is 0 Å². The second kappa shape index (κ2) is 63.5. The Bertz CT molecular complexity index is 1840. The zero-order valence-electron chi connectivity index (χ0n) is 60.9. The van der Waals surface area contributed by atoms with Crippen LogP contribution in [0, 0.1) is 23.7 Å². The lowest BCUT2D eigenvalue weighted by molar-refractivity contribution is -0.161. The summed E-state index contributed by atoms with van der Waals surface area (Å²) in [5.74, 6) is 0.877. The van der Waals surface area contributed by atoms with Crippen molar-refractivity contribution in [1.29, 1.82) is 0 Å². The van der Waals surface area contributed by atoms with Crippen molar-refractivity contribution in [1.82, 2.24) is 0 Å². The van der Waals surface area contributed by atoms with Crippen molar-refractivity contribution in [3.8, 4) is 0 Å². The van der Waals surface area contributed by atoms with Crippen molar-refractivity contribution in [2.24, 2.45) is 23.7 Å². The molecule has 552 valence electrons. The summed E-state index contributed by atoms with van der Waals surface area (Å²) in [5, 5.41) is 10.6. The van der Waals surface area contributed by atoms with Crippen molar-refractivity contribution in [2.45, 2.75) is 388 Å². The number of hydrogen-bond acceptors (Lipinski definition) is 15. The predicted molar refractivity (Wildman–Crippen MR) is 377 cm³/mol. The van der Waals surface area contributed by atoms with E-state index in [4.69, 9.17) is 37.0 Å². The smallest absolute Gasteiger partial charge is 0.462 e. The molecule has 0 spiro atoms. The summed E-state index contributed by atoms with van der Waals surface area (Å²) < 4.78 is 68.4. The molecule has 0 aromatic carbocycles. The van der Waals surface area contributed by atoms with Gasteiger partial charge in [0.05, 0.1) is 26.4 Å². The number of carbonyl (C=O) groups excluding carboxylic acids is 4. The molecule has 3 N–H and O–H groups in total. The Labute approximate surface area is 568 Å². The number of esters is 4. The minimum absolute atomic E-state index is 0.103. The molecule has 6 atom stereocenters. The molecule has 19 heteroatoms. The van der Waals surface area contributed by atoms with Gasteiger partial charge in [0.15, 0.2) is 12.2 Å². The fourth-order valence-corrected chi connectivity index (χ4v) is 12.7. The molecule has 93 heavy (non-hydrogen) atoms. The Morgan fingerprint density at radius 2 is 0.516 bits per heavy atom. The number of aliphatic hydroxyl groups excluding tert-OH is 1. The van der Waals surface area contributed by atoms with Gasteiger partial charge in [0.2, 0.25) is 0 Å². The van der Waals surface area contributed by atoms with Gasteiger partial charge in [-0.1, -0.05) is 319 Å². The number of unbranched alkanes of at least 4 members (excludes halogenated alkanes) is 36. The molecule has 0 amide bonds. The van der Waals surface area contributed by atoms with E-state index in [2.05, 4.69) is 55.4 Å². The number of aliphatic hydroxyl groups is 1. The summed E-state index contributed by atoms with van der Waals surface area (Å²) in [4.78, 5) is 72.7. The Morgan fingerprint density at radius 1 is 0.301 bits per heavy atom. The minimum atomic E-state index is -4.95. The third kappa shape index (κ3) is 67.0. The van der Waals surface area contributed by atoms with Crippen LogP contribution in [-0.4, -0.2) is 96.7 Å². The lowest BCUT2D eigenvalue weighted by atomic mass is 10.00. The number of hydrogen-bond donors (Lipinski definition) is 3. The summed E-state index contributed by atoms with van der Waals surface area (Å²) in [7, 11) is -9.91. The van der Waals surface area contributed by atoms with E-state index < -0.39 is 97.5 Å². The maximum absolute atomic E-state index is 13.0. The number of phosphoric ester groups is 2. The third-order valence-electron chi connectivity index (χ3n) is 17.4. The zero-order chi connectivity index (χ0) is 68.9. The van der Waals surface area contributed by atoms with Crippen LogP contribution in [0.3, 0.4) is 0 Å². The van der Waals surface area contributed by atoms with Gasteiger partial charge in [-0.15, -0.1) is 0 Å². The lowest BCUT2D eigenvalue weighted by Crippen LogP contribution is -2.30. The number of carbonyl (C=O) groups is 4. The second-order valence-corrected chi connectivity index (χ2v) is 31.3. The van der Waals surface area contributed by atoms with Crippen molar-refractivity contribution in [3.05, 3.63) is 0 Å². The highest BCUT2D eigenvalue weighted by atomic mass is 31.2. The first-order valence-electron chi connectivity index (χ1n) is 38.2. The Morgan fingerprint density at radius 3 is 0.763 bits per heavy atom. The SMILES string of the molecule is CCC(C)CCCCCCCCC(=O)OC[C@H](COP(=O)(O)OC[C@H](O)COP(=O)(O)OC[C@@H](COC(=O)CCCCCCCCCCCCCCCCCCC(C)C)OC(=O)CCCCCCCCCC(C)C)OC(=O)CCCCCCCCCCCCCC(C)C. The van der Waals surface area contributed by atoms with E-state index in [1.807, 2.05) is 0 Å². The molecule has 0 saturated carbocycles. The Kier molecular flexibility index (Phi) is 62.2. The molecule has 0 aliphatic heterocycles. The average Bonchev–Trinajstić information content (AvgIpc) is 3.11. The summed E-state index contributed by atoms with van der Waals surface area (Å²) in [6, 6.07) is 0. The van der Waals surface area contributed by atoms with Crippen LogP contribution in [0.1, 0.15) is 370 Å². The van der Waals surface area contributed by atoms with Crippen LogP contribution in [0.25, 0.3) is 0 Å². The van der Waals surface area contributed by atoms with E-state index in [-0.39, 0.29) is 25.7 Å². The van der Waals surface area contributed by atoms with Gasteiger partial charge < -0.3 is 33.8 Å². The number of phosphoric acid groups is 2. The van der Waals surface area contributed by atoms with E-state index in [9.17, 15) is 43.2 Å². The summed E-state index contributed by atoms with van der Waals surface area (Å²) >= 11 is 0. The van der Waals surface area contributed by atoms with Gasteiger partial charge in [0.25, 0.3) is 0 Å². The van der Waals surface area contributed by atoms with Gasteiger partial charge >= 0.3 is 39.5 Å². The van der Waals surface area contributed by atoms with Crippen LogP contribution in [0.4, 0.5) is 0 Å². The maximum atomic E-state index is 13.0. The van der Waals surface area contributed by atoms with E-state index >= 15 is 0 Å². The summed E-state index contributed by atoms with van der Waals surface area (Å²) in [6.07, 6.45) is 47.4. The largest absolute Gasteiger partial charge is 0.472 e. The maximum Gasteiger partial charge on any atom is 0.472 e. The first-order chi connectivity index (χ1) is 44.6. The van der Waals surface area contributed by atoms with E-state index in [1.54, 1.807) is 0 Å². The molecule has 0 aliphatic rings. The Balaban J connectivity index is 5.18. The quantitative estimate of drug-likeness (QED) is 0.0222. The molecule has 0 bridgehead atoms. The van der Waals surface area contributed by atoms with E-state index in [1.165, 1.54) is 167 Å². The van der Waals surface area contributed by atoms with Crippen molar-refractivity contribution in [3.63, 3.8) is 0 Å². The number of rotatable bonds is 71. The van der Waals surface area contributed by atoms with Gasteiger partial charge in [-0.3, -0.25) is 37.3 Å². The van der Waals surface area contributed by atoms with Gasteiger partial charge in [-0.2, -0.15) is 0 Å². The van der Waals surface area contributed by atoms with Crippen molar-refractivity contribution in [2.75, 3.05) is 39.6 Å². The molecular formula is C74H144O17P2. The zero-order valence-corrected chi connectivity index (χ0v) is 62.7. The highest BCUT2D eigenvalue weighted by molar-refractivity contribution is 7.47. The first kappa shape index (κ1) is 91.1. The molecular weight excluding hydrogens is 1220 g/mol. The molecule has 0 rings (SSSR count). The van der Waals surface area contributed by atoms with Crippen LogP contribution in [0.5, 0.6) is 0 Å². The van der Waals surface area contributed by atoms with Gasteiger partial charge in [0.1, 0.15) is 19.3 Å². The normalized spacial score (nSPS) is 14.5. The predicted octanol–water partition coefficient (Wildman–Crippen LogP) is 21.3. The molecule has 0 aromatic heterocycles. The van der Waals surface area contributed by atoms with Crippen molar-refractivity contribution >= 4 is 39.5 Å². The standard InChI is InChI=1S/C74H144O17P2/c1-9-67(8)53-45-37-32-33-39-47-55-72(77)85-61-70(90-73(78)56-48-40-30-24-20-16-18-22-27-35-43-51-65(4)5)63-89-93(82,83)87-59-68(75)58-86-92(80,81)88-62-69(91-74(79)57-49-41-31-25-28-36-44-52-66(6)7)60-84-71(76)54-46-38-29-23-19-15-13-11-10-12-14-17-21-26-34-42-50-64(2)3/h64-70,75H,9-63H2,1-8H3,(H,80,81)(H,82,83)/t67?,68-,69-,70-/m1/s1. The highest BCUT2D eigenvalue weighted by Gasteiger charge is 2.30. The number of ether oxygens (including phenoxy) is 4. The van der Waals surface area contributed by atoms with Crippen LogP contribution in [-0.2, 0) is 65.4 Å². The van der Waals surface area contributed by atoms with E-state index in [0.29, 0.717) is 31.6 Å². The van der Waals surface area contributed by atoms with Gasteiger partial charge in [0, 0.05) is 25.7 Å². The molecule has 0 heterocycles. The average molecular weight is 1370 g/mol. The highest BCUT2D eigenvalue weighted by Crippen LogP contribution is 2.45. The topological polar surface area (TPSA) is 237 Å². The molecule has 0 radical (unpaired) electrons. The third-order valence-corrected chi connectivity index (χ3v) is 19.3. The fraction of sp³-hybridized carbons (Fsp3) is 0.946. The fourth-order valence-electron chi connectivity index (χ4n) is 11.2. The molecule has 0 saturated heterocycles. The second-order valence-electron chi connectivity index (χ2n) is 28.4. The van der Waals surface area contributed by atoms with Gasteiger partial charge in [-0.25, -0.2) is 9.13 Å². The molecule has 0 aliphatic carbocycles. The van der Waals surface area contributed by atoms with Gasteiger partial charge in [-0.05, 0) is 49.4 Å².